The zero-order chi connectivity index (χ0) is 43.8. The van der Waals surface area contributed by atoms with Gasteiger partial charge in [-0.25, -0.2) is 14.8 Å². The number of amides is 3. The topological polar surface area (TPSA) is 191 Å². The molecule has 0 radical (unpaired) electrons. The van der Waals surface area contributed by atoms with Crippen LogP contribution in [0.4, 0.5) is 23.1 Å². The number of alkyl halides is 3. The number of fused-ring (bicyclic) bond motifs is 1. The highest BCUT2D eigenvalue weighted by Gasteiger charge is 2.68. The van der Waals surface area contributed by atoms with Crippen molar-refractivity contribution in [3.8, 4) is 22.9 Å². The van der Waals surface area contributed by atoms with E-state index in [1.807, 2.05) is 19.2 Å². The highest BCUT2D eigenvalue weighted by Crippen LogP contribution is 2.70. The van der Waals surface area contributed by atoms with Crippen LogP contribution in [0.3, 0.4) is 0 Å². The number of aromatic nitrogens is 2. The van der Waals surface area contributed by atoms with Crippen LogP contribution in [0.15, 0.2) is 42.3 Å². The van der Waals surface area contributed by atoms with Gasteiger partial charge in [-0.05, 0) is 63.5 Å². The second-order valence-electron chi connectivity index (χ2n) is 16.8. The number of carbonyl (C=O) groups excluding carboxylic acids is 3. The summed E-state index contributed by atoms with van der Waals surface area (Å²) in [5.41, 5.74) is 0.639. The molecular weight excluding hydrogens is 829 g/mol. The van der Waals surface area contributed by atoms with Gasteiger partial charge >= 0.3 is 19.9 Å². The average Bonchev–Trinajstić information content (AvgIpc) is 3.57. The second-order valence-corrected chi connectivity index (χ2v) is 19.8. The Kier molecular flexibility index (Phi) is 13.1. The van der Waals surface area contributed by atoms with E-state index < -0.39 is 73.1 Å². The number of hydrogen-bond acceptors (Lipinski definition) is 12. The van der Waals surface area contributed by atoms with Crippen LogP contribution in [0.2, 0.25) is 0 Å². The lowest BCUT2D eigenvalue weighted by atomic mass is 9.85. The summed E-state index contributed by atoms with van der Waals surface area (Å²) < 4.78 is 75.1. The molecule has 3 aromatic rings. The fourth-order valence-corrected chi connectivity index (χ4v) is 10.2. The summed E-state index contributed by atoms with van der Waals surface area (Å²) in [4.78, 5) is 63.9. The number of methoxy groups -OCH3 is 1. The highest BCUT2D eigenvalue weighted by molar-refractivity contribution is 7.55. The van der Waals surface area contributed by atoms with Gasteiger partial charge in [0.15, 0.2) is 11.7 Å². The first kappa shape index (κ1) is 45.1. The normalized spacial score (nSPS) is 23.5. The van der Waals surface area contributed by atoms with Gasteiger partial charge in [-0.15, -0.1) is 17.9 Å². The average molecular weight is 881 g/mol. The molecule has 0 bridgehead atoms. The molecule has 328 valence electrons. The maximum absolute atomic E-state index is 14.7. The zero-order valence-electron chi connectivity index (χ0n) is 34.3. The number of benzene rings is 1. The van der Waals surface area contributed by atoms with E-state index >= 15 is 0 Å². The third-order valence-corrected chi connectivity index (χ3v) is 13.7. The van der Waals surface area contributed by atoms with E-state index in [9.17, 15) is 37.0 Å². The third-order valence-electron chi connectivity index (χ3n) is 10.8. The summed E-state index contributed by atoms with van der Waals surface area (Å²) in [6.07, 6.45) is -2.82. The van der Waals surface area contributed by atoms with E-state index in [0.29, 0.717) is 51.8 Å². The molecule has 4 N–H and O–H groups in total. The lowest BCUT2D eigenvalue weighted by molar-refractivity contribution is -0.155. The molecule has 3 fully saturated rings. The summed E-state index contributed by atoms with van der Waals surface area (Å²) in [5, 5.41) is 9.48. The Balaban J connectivity index is 1.34. The molecule has 2 aliphatic carbocycles. The predicted molar refractivity (Wildman–Crippen MR) is 219 cm³/mol. The number of thiazole rings is 1. The Hall–Kier alpha value is -4.45. The van der Waals surface area contributed by atoms with E-state index in [0.717, 1.165) is 12.8 Å². The molecule has 6 atom stereocenters. The third kappa shape index (κ3) is 10.2. The molecule has 2 saturated carbocycles. The molecule has 1 saturated heterocycles. The minimum absolute atomic E-state index is 0.134. The van der Waals surface area contributed by atoms with Crippen LogP contribution in [0.5, 0.6) is 11.5 Å². The standard InChI is InChI=1S/C40H52F3N6O9PS/c1-8-23-18-39(23,59(53,54)56-21-40(41,42)43)48-34(50)31-16-26(19-49(31)35(51)33(38(4,5)6)47-37(52)58-24-11-9-10-12-24)57-32-17-29(30-20-60-36(46-30)44-22(2)3)45-28-15-25(55-7)13-14-27(28)32/h8,13-15,17,20,22-24,26,31,33H,1,9-12,16,18-19,21H2,2-7H3,(H,44,46)(H,47,52)(H,48,50)(H,53,54)/t23?,26?,31-,33+,39-/m0/s1. The Morgan fingerprint density at radius 1 is 1.12 bits per heavy atom. The van der Waals surface area contributed by atoms with Crippen molar-refractivity contribution in [3.63, 3.8) is 0 Å². The molecule has 6 rings (SSSR count). The van der Waals surface area contributed by atoms with Crippen molar-refractivity contribution in [2.24, 2.45) is 11.3 Å². The number of likely N-dealkylation sites (tertiary alicyclic amines) is 1. The summed E-state index contributed by atoms with van der Waals surface area (Å²) in [7, 11) is -3.65. The fourth-order valence-electron chi connectivity index (χ4n) is 7.58. The number of nitrogens with zero attached hydrogens (tertiary/aromatic N) is 3. The Morgan fingerprint density at radius 3 is 2.45 bits per heavy atom. The minimum Gasteiger partial charge on any atom is -0.497 e. The predicted octanol–water partition coefficient (Wildman–Crippen LogP) is 7.40. The number of anilines is 1. The van der Waals surface area contributed by atoms with Crippen LogP contribution in [0.1, 0.15) is 73.1 Å². The van der Waals surface area contributed by atoms with Crippen molar-refractivity contribution < 1.29 is 55.7 Å². The molecule has 3 heterocycles. The number of hydrogen-bond donors (Lipinski definition) is 4. The van der Waals surface area contributed by atoms with Crippen molar-refractivity contribution in [1.82, 2.24) is 25.5 Å². The molecule has 3 amide bonds. The van der Waals surface area contributed by atoms with Crippen molar-refractivity contribution in [3.05, 3.63) is 42.3 Å². The summed E-state index contributed by atoms with van der Waals surface area (Å²) >= 11 is 1.40. The van der Waals surface area contributed by atoms with E-state index in [1.54, 1.807) is 45.0 Å². The van der Waals surface area contributed by atoms with Gasteiger partial charge in [0, 0.05) is 41.3 Å². The summed E-state index contributed by atoms with van der Waals surface area (Å²) in [6, 6.07) is 4.47. The monoisotopic (exact) mass is 880 g/mol. The number of alkyl carbamates (subject to hydrolysis) is 1. The number of halogens is 3. The molecule has 60 heavy (non-hydrogen) atoms. The van der Waals surface area contributed by atoms with Crippen LogP contribution in [0.25, 0.3) is 22.3 Å². The quantitative estimate of drug-likeness (QED) is 0.0876. The fraction of sp³-hybridized carbons (Fsp3) is 0.575. The van der Waals surface area contributed by atoms with Crippen LogP contribution in [-0.4, -0.2) is 99.7 Å². The van der Waals surface area contributed by atoms with Crippen molar-refractivity contribution in [2.75, 3.05) is 25.6 Å². The molecule has 1 aliphatic heterocycles. The van der Waals surface area contributed by atoms with Gasteiger partial charge in [-0.1, -0.05) is 26.8 Å². The van der Waals surface area contributed by atoms with Crippen molar-refractivity contribution >= 4 is 52.9 Å². The van der Waals surface area contributed by atoms with Gasteiger partial charge in [0.05, 0.1) is 24.9 Å². The highest BCUT2D eigenvalue weighted by atomic mass is 32.1. The van der Waals surface area contributed by atoms with Gasteiger partial charge in [0.25, 0.3) is 0 Å². The minimum atomic E-state index is -5.17. The Labute approximate surface area is 350 Å². The van der Waals surface area contributed by atoms with E-state index in [2.05, 4.69) is 27.1 Å². The van der Waals surface area contributed by atoms with Gasteiger partial charge in [0.2, 0.25) is 11.8 Å². The number of ether oxygens (including phenoxy) is 3. The van der Waals surface area contributed by atoms with Crippen LogP contribution in [0, 0.1) is 11.3 Å². The van der Waals surface area contributed by atoms with Crippen molar-refractivity contribution in [1.29, 1.82) is 0 Å². The summed E-state index contributed by atoms with van der Waals surface area (Å²) in [5.74, 6) is -1.62. The van der Waals surface area contributed by atoms with Gasteiger partial charge in [-0.2, -0.15) is 13.2 Å². The molecule has 15 nitrogen and oxygen atoms in total. The number of rotatable bonds is 15. The number of nitrogens with one attached hydrogen (secondary N) is 3. The van der Waals surface area contributed by atoms with E-state index in [1.165, 1.54) is 29.4 Å². The SMILES string of the molecule is C=CC1C[C@]1(NC(=O)[C@@H]1CC(Oc2cc(-c3csc(NC(C)C)n3)nc3cc(OC)ccc23)CN1C(=O)[C@@H](NC(=O)OC1CCCC1)C(C)(C)C)P(=O)(O)OCC(F)(F)F. The Morgan fingerprint density at radius 2 is 1.83 bits per heavy atom. The van der Waals surface area contributed by atoms with Gasteiger partial charge in [0.1, 0.15) is 46.8 Å². The molecule has 1 aromatic carbocycles. The number of pyridine rings is 1. The van der Waals surface area contributed by atoms with Crippen LogP contribution >= 0.6 is 18.9 Å². The van der Waals surface area contributed by atoms with E-state index in [4.69, 9.17) is 24.2 Å². The maximum atomic E-state index is 14.7. The summed E-state index contributed by atoms with van der Waals surface area (Å²) in [6.45, 7) is 10.6. The largest absolute Gasteiger partial charge is 0.497 e. The molecule has 0 spiro atoms. The first-order chi connectivity index (χ1) is 28.1. The van der Waals surface area contributed by atoms with Gasteiger partial charge in [-0.3, -0.25) is 18.7 Å². The van der Waals surface area contributed by atoms with E-state index in [-0.39, 0.29) is 31.5 Å². The van der Waals surface area contributed by atoms with Crippen molar-refractivity contribution in [2.45, 2.75) is 115 Å². The molecule has 3 aliphatic rings. The molecule has 3 unspecified atom stereocenters. The second kappa shape index (κ2) is 17.5. The van der Waals surface area contributed by atoms with Crippen LogP contribution < -0.4 is 25.4 Å². The smallest absolute Gasteiger partial charge is 0.412 e. The van der Waals surface area contributed by atoms with Gasteiger partial charge < -0.3 is 40.0 Å². The molecule has 20 heteroatoms. The maximum Gasteiger partial charge on any atom is 0.412 e. The first-order valence-corrected chi connectivity index (χ1v) is 22.2. The number of carbonyl (C=O) groups is 3. The Bertz CT molecular complexity index is 2140. The first-order valence-electron chi connectivity index (χ1n) is 19.8. The molecule has 2 aromatic heterocycles. The lowest BCUT2D eigenvalue weighted by Gasteiger charge is -2.35. The molecular formula is C40H52F3N6O9PS. The zero-order valence-corrected chi connectivity index (χ0v) is 36.0. The lowest BCUT2D eigenvalue weighted by Crippen LogP contribution is -2.58. The van der Waals surface area contributed by atoms with Crippen LogP contribution in [-0.2, 0) is 23.4 Å².